The molecule has 6 heteroatoms. The molecule has 0 aliphatic heterocycles. The summed E-state index contributed by atoms with van der Waals surface area (Å²) in [6.07, 6.45) is 4.58. The molecule has 0 radical (unpaired) electrons. The molecular weight excluding hydrogens is 270 g/mol. The van der Waals surface area contributed by atoms with Gasteiger partial charge in [0.2, 0.25) is 5.95 Å². The standard InChI is InChI=1S/C14H15N5S/c1-2-10-6-11-12(18-14(15)19-13(11)20-10)17-8-9-4-3-5-16-7-9/h3-7H,2,8H2,1H3,(H3,15,17,18,19). The molecule has 3 heterocycles. The van der Waals surface area contributed by atoms with Crippen LogP contribution < -0.4 is 11.1 Å². The molecule has 3 aromatic rings. The SMILES string of the molecule is CCc1cc2c(NCc3cccnc3)nc(N)nc2s1. The number of nitrogens with two attached hydrogens (primary N) is 1. The molecule has 102 valence electrons. The van der Waals surface area contributed by atoms with Gasteiger partial charge in [0.1, 0.15) is 10.6 Å². The number of nitrogens with zero attached hydrogens (tertiary/aromatic N) is 3. The number of thiophene rings is 1. The van der Waals surface area contributed by atoms with Crippen LogP contribution in [-0.4, -0.2) is 15.0 Å². The normalized spacial score (nSPS) is 10.8. The number of aryl methyl sites for hydroxylation is 1. The molecular formula is C14H15N5S. The Morgan fingerprint density at radius 1 is 1.35 bits per heavy atom. The fraction of sp³-hybridized carbons (Fsp3) is 0.214. The van der Waals surface area contributed by atoms with E-state index < -0.39 is 0 Å². The number of rotatable bonds is 4. The van der Waals surface area contributed by atoms with Gasteiger partial charge in [-0.1, -0.05) is 13.0 Å². The number of nitrogen functional groups attached to an aromatic ring is 1. The number of pyridine rings is 1. The Hall–Kier alpha value is -2.21. The summed E-state index contributed by atoms with van der Waals surface area (Å²) in [6.45, 7) is 2.79. The minimum atomic E-state index is 0.302. The molecule has 0 bridgehead atoms. The van der Waals surface area contributed by atoms with E-state index in [0.29, 0.717) is 12.5 Å². The van der Waals surface area contributed by atoms with Crippen molar-refractivity contribution < 1.29 is 0 Å². The van der Waals surface area contributed by atoms with E-state index in [-0.39, 0.29) is 0 Å². The summed E-state index contributed by atoms with van der Waals surface area (Å²) in [4.78, 5) is 14.9. The van der Waals surface area contributed by atoms with Crippen LogP contribution in [0.1, 0.15) is 17.4 Å². The van der Waals surface area contributed by atoms with Gasteiger partial charge in [0, 0.05) is 23.8 Å². The van der Waals surface area contributed by atoms with Gasteiger partial charge in [-0.2, -0.15) is 4.98 Å². The minimum Gasteiger partial charge on any atom is -0.368 e. The lowest BCUT2D eigenvalue weighted by Crippen LogP contribution is -2.04. The van der Waals surface area contributed by atoms with Crippen molar-refractivity contribution in [2.45, 2.75) is 19.9 Å². The van der Waals surface area contributed by atoms with Crippen molar-refractivity contribution in [2.24, 2.45) is 0 Å². The second-order valence-corrected chi connectivity index (χ2v) is 5.55. The maximum Gasteiger partial charge on any atom is 0.223 e. The quantitative estimate of drug-likeness (QED) is 0.771. The van der Waals surface area contributed by atoms with Gasteiger partial charge in [-0.25, -0.2) is 4.98 Å². The first-order valence-electron chi connectivity index (χ1n) is 6.45. The monoisotopic (exact) mass is 285 g/mol. The van der Waals surface area contributed by atoms with Crippen LogP contribution in [0.2, 0.25) is 0 Å². The molecule has 0 unspecified atom stereocenters. The Balaban J connectivity index is 1.92. The van der Waals surface area contributed by atoms with Gasteiger partial charge in [-0.05, 0) is 24.1 Å². The summed E-state index contributed by atoms with van der Waals surface area (Å²) in [5, 5.41) is 4.35. The highest BCUT2D eigenvalue weighted by Crippen LogP contribution is 2.30. The summed E-state index contributed by atoms with van der Waals surface area (Å²) >= 11 is 1.66. The number of hydrogen-bond acceptors (Lipinski definition) is 6. The largest absolute Gasteiger partial charge is 0.368 e. The molecule has 0 aliphatic rings. The molecule has 0 atom stereocenters. The predicted octanol–water partition coefficient (Wildman–Crippen LogP) is 2.84. The van der Waals surface area contributed by atoms with Crippen LogP contribution in [0.5, 0.6) is 0 Å². The van der Waals surface area contributed by atoms with Crippen molar-refractivity contribution >= 4 is 33.3 Å². The summed E-state index contributed by atoms with van der Waals surface area (Å²) in [7, 11) is 0. The van der Waals surface area contributed by atoms with Gasteiger partial charge in [0.25, 0.3) is 0 Å². The van der Waals surface area contributed by atoms with Gasteiger partial charge in [-0.15, -0.1) is 11.3 Å². The Morgan fingerprint density at radius 3 is 3.00 bits per heavy atom. The molecule has 3 aromatic heterocycles. The molecule has 0 saturated heterocycles. The Labute approximate surface area is 120 Å². The fourth-order valence-corrected chi connectivity index (χ4v) is 2.96. The summed E-state index contributed by atoms with van der Waals surface area (Å²) in [6, 6.07) is 6.07. The second-order valence-electron chi connectivity index (χ2n) is 4.43. The molecule has 0 saturated carbocycles. The third-order valence-electron chi connectivity index (χ3n) is 2.99. The average molecular weight is 285 g/mol. The maximum atomic E-state index is 5.78. The van der Waals surface area contributed by atoms with E-state index in [1.807, 2.05) is 18.3 Å². The van der Waals surface area contributed by atoms with E-state index in [9.17, 15) is 0 Å². The van der Waals surface area contributed by atoms with E-state index in [1.54, 1.807) is 17.5 Å². The smallest absolute Gasteiger partial charge is 0.223 e. The highest BCUT2D eigenvalue weighted by molar-refractivity contribution is 7.18. The van der Waals surface area contributed by atoms with Gasteiger partial charge >= 0.3 is 0 Å². The second kappa shape index (κ2) is 5.42. The van der Waals surface area contributed by atoms with Crippen molar-refractivity contribution in [1.82, 2.24) is 15.0 Å². The van der Waals surface area contributed by atoms with Crippen LogP contribution in [0.15, 0.2) is 30.6 Å². The zero-order valence-corrected chi connectivity index (χ0v) is 11.9. The lowest BCUT2D eigenvalue weighted by Gasteiger charge is -2.07. The Bertz CT molecular complexity index is 723. The average Bonchev–Trinajstić information content (AvgIpc) is 2.88. The Morgan fingerprint density at radius 2 is 2.25 bits per heavy atom. The first-order valence-corrected chi connectivity index (χ1v) is 7.26. The molecule has 0 fully saturated rings. The van der Waals surface area contributed by atoms with Crippen LogP contribution in [-0.2, 0) is 13.0 Å². The third kappa shape index (κ3) is 2.55. The first-order chi connectivity index (χ1) is 9.76. The third-order valence-corrected chi connectivity index (χ3v) is 4.17. The zero-order chi connectivity index (χ0) is 13.9. The molecule has 0 amide bonds. The van der Waals surface area contributed by atoms with E-state index in [1.165, 1.54) is 4.88 Å². The van der Waals surface area contributed by atoms with Crippen molar-refractivity contribution in [3.05, 3.63) is 41.0 Å². The topological polar surface area (TPSA) is 76.7 Å². The highest BCUT2D eigenvalue weighted by atomic mass is 32.1. The molecule has 5 nitrogen and oxygen atoms in total. The Kier molecular flexibility index (Phi) is 3.47. The van der Waals surface area contributed by atoms with Crippen LogP contribution in [0.25, 0.3) is 10.2 Å². The van der Waals surface area contributed by atoms with Crippen molar-refractivity contribution in [3.63, 3.8) is 0 Å². The highest BCUT2D eigenvalue weighted by Gasteiger charge is 2.10. The molecule has 20 heavy (non-hydrogen) atoms. The van der Waals surface area contributed by atoms with E-state index in [0.717, 1.165) is 28.0 Å². The van der Waals surface area contributed by atoms with E-state index >= 15 is 0 Å². The van der Waals surface area contributed by atoms with Gasteiger partial charge < -0.3 is 11.1 Å². The zero-order valence-electron chi connectivity index (χ0n) is 11.1. The van der Waals surface area contributed by atoms with Gasteiger partial charge in [0.15, 0.2) is 0 Å². The minimum absolute atomic E-state index is 0.302. The lowest BCUT2D eigenvalue weighted by molar-refractivity contribution is 1.09. The number of anilines is 2. The summed E-state index contributed by atoms with van der Waals surface area (Å²) < 4.78 is 0. The molecule has 0 aliphatic carbocycles. The lowest BCUT2D eigenvalue weighted by atomic mass is 10.2. The molecule has 0 spiro atoms. The number of hydrogen-bond donors (Lipinski definition) is 2. The van der Waals surface area contributed by atoms with Crippen LogP contribution in [0.3, 0.4) is 0 Å². The van der Waals surface area contributed by atoms with Crippen molar-refractivity contribution in [1.29, 1.82) is 0 Å². The van der Waals surface area contributed by atoms with Gasteiger partial charge in [-0.3, -0.25) is 4.98 Å². The van der Waals surface area contributed by atoms with Crippen molar-refractivity contribution in [2.75, 3.05) is 11.1 Å². The summed E-state index contributed by atoms with van der Waals surface area (Å²) in [5.41, 5.74) is 6.88. The predicted molar refractivity (Wildman–Crippen MR) is 82.8 cm³/mol. The maximum absolute atomic E-state index is 5.78. The van der Waals surface area contributed by atoms with E-state index in [4.69, 9.17) is 5.73 Å². The molecule has 3 rings (SSSR count). The summed E-state index contributed by atoms with van der Waals surface area (Å²) in [5.74, 6) is 1.09. The van der Waals surface area contributed by atoms with E-state index in [2.05, 4.69) is 33.3 Å². The number of nitrogens with one attached hydrogen (secondary N) is 1. The number of aromatic nitrogens is 3. The first kappa shape index (κ1) is 12.8. The van der Waals surface area contributed by atoms with Crippen molar-refractivity contribution in [3.8, 4) is 0 Å². The molecule has 0 aromatic carbocycles. The van der Waals surface area contributed by atoms with Gasteiger partial charge in [0.05, 0.1) is 5.39 Å². The molecule has 3 N–H and O–H groups in total. The fourth-order valence-electron chi connectivity index (χ4n) is 1.99. The van der Waals surface area contributed by atoms with Crippen LogP contribution in [0, 0.1) is 0 Å². The van der Waals surface area contributed by atoms with Crippen LogP contribution in [0.4, 0.5) is 11.8 Å². The number of fused-ring (bicyclic) bond motifs is 1. The van der Waals surface area contributed by atoms with Crippen LogP contribution >= 0.6 is 11.3 Å².